The highest BCUT2D eigenvalue weighted by atomic mass is 19.1. The van der Waals surface area contributed by atoms with Gasteiger partial charge in [-0.05, 0) is 26.0 Å². The maximum absolute atomic E-state index is 13.2. The van der Waals surface area contributed by atoms with Gasteiger partial charge in [0.05, 0.1) is 6.54 Å². The number of carboxylic acid groups (broad SMARTS) is 1. The summed E-state index contributed by atoms with van der Waals surface area (Å²) >= 11 is 0. The van der Waals surface area contributed by atoms with E-state index < -0.39 is 34.7 Å². The zero-order valence-corrected chi connectivity index (χ0v) is 10.5. The summed E-state index contributed by atoms with van der Waals surface area (Å²) in [4.78, 5) is 22.3. The summed E-state index contributed by atoms with van der Waals surface area (Å²) in [6, 6.07) is 3.19. The van der Waals surface area contributed by atoms with Gasteiger partial charge in [0, 0.05) is 0 Å². The zero-order valence-electron chi connectivity index (χ0n) is 10.5. The third-order valence-electron chi connectivity index (χ3n) is 2.45. The molecule has 0 radical (unpaired) electrons. The molecule has 7 heteroatoms. The first-order valence-corrected chi connectivity index (χ1v) is 5.46. The van der Waals surface area contributed by atoms with Gasteiger partial charge in [0.2, 0.25) is 5.91 Å². The molecule has 3 N–H and O–H groups in total. The molecule has 0 spiro atoms. The van der Waals surface area contributed by atoms with Gasteiger partial charge in [0.1, 0.15) is 22.9 Å². The monoisotopic (exact) mass is 272 g/mol. The van der Waals surface area contributed by atoms with Crippen LogP contribution in [0.25, 0.3) is 0 Å². The van der Waals surface area contributed by atoms with Crippen LogP contribution in [0.3, 0.4) is 0 Å². The first kappa shape index (κ1) is 15.0. The molecule has 0 saturated heterocycles. The van der Waals surface area contributed by atoms with E-state index in [-0.39, 0.29) is 6.54 Å². The summed E-state index contributed by atoms with van der Waals surface area (Å²) in [5, 5.41) is 13.3. The highest BCUT2D eigenvalue weighted by molar-refractivity contribution is 5.93. The molecular formula is C12H14F2N2O3. The van der Waals surface area contributed by atoms with Crippen molar-refractivity contribution >= 4 is 17.6 Å². The molecule has 0 heterocycles. The van der Waals surface area contributed by atoms with Crippen LogP contribution < -0.4 is 10.6 Å². The van der Waals surface area contributed by atoms with Crippen molar-refractivity contribution in [2.75, 3.05) is 11.9 Å². The van der Waals surface area contributed by atoms with Crippen LogP contribution in [-0.2, 0) is 9.59 Å². The Bertz CT molecular complexity index is 483. The summed E-state index contributed by atoms with van der Waals surface area (Å²) in [6.07, 6.45) is 0. The Morgan fingerprint density at radius 1 is 1.26 bits per heavy atom. The molecule has 0 saturated carbocycles. The van der Waals surface area contributed by atoms with Crippen molar-refractivity contribution in [1.29, 1.82) is 0 Å². The molecular weight excluding hydrogens is 258 g/mol. The highest BCUT2D eigenvalue weighted by Gasteiger charge is 2.27. The van der Waals surface area contributed by atoms with Crippen LogP contribution in [0.4, 0.5) is 14.5 Å². The van der Waals surface area contributed by atoms with E-state index in [2.05, 4.69) is 5.32 Å². The van der Waals surface area contributed by atoms with E-state index in [0.717, 1.165) is 12.1 Å². The number of halogens is 2. The van der Waals surface area contributed by atoms with E-state index in [4.69, 9.17) is 5.11 Å². The number of hydrogen-bond acceptors (Lipinski definition) is 3. The largest absolute Gasteiger partial charge is 0.480 e. The summed E-state index contributed by atoms with van der Waals surface area (Å²) in [5.41, 5.74) is -1.87. The molecule has 0 aliphatic rings. The third kappa shape index (κ3) is 3.99. The normalized spacial score (nSPS) is 11.2. The Morgan fingerprint density at radius 3 is 2.26 bits per heavy atom. The molecule has 0 fully saturated rings. The smallest absolute Gasteiger partial charge is 0.323 e. The Hall–Kier alpha value is -2.02. The fraction of sp³-hybridized carbons (Fsp3) is 0.333. The van der Waals surface area contributed by atoms with Gasteiger partial charge in [-0.2, -0.15) is 0 Å². The summed E-state index contributed by atoms with van der Waals surface area (Å²) in [5.74, 6) is -3.67. The van der Waals surface area contributed by atoms with E-state index >= 15 is 0 Å². The SMILES string of the molecule is CC(C)(NCC(=O)Nc1c(F)cccc1F)C(=O)O. The number of carboxylic acids is 1. The van der Waals surface area contributed by atoms with Crippen LogP contribution in [0.1, 0.15) is 13.8 Å². The van der Waals surface area contributed by atoms with Crippen LogP contribution in [-0.4, -0.2) is 29.1 Å². The molecule has 5 nitrogen and oxygen atoms in total. The maximum Gasteiger partial charge on any atom is 0.323 e. The van der Waals surface area contributed by atoms with Gasteiger partial charge in [-0.25, -0.2) is 8.78 Å². The number of benzene rings is 1. The van der Waals surface area contributed by atoms with Gasteiger partial charge in [0.25, 0.3) is 0 Å². The van der Waals surface area contributed by atoms with Crippen LogP contribution in [0.15, 0.2) is 18.2 Å². The van der Waals surface area contributed by atoms with E-state index in [1.807, 2.05) is 5.32 Å². The standard InChI is InChI=1S/C12H14F2N2O3/c1-12(2,11(18)19)15-6-9(17)16-10-7(13)4-3-5-8(10)14/h3-5,15H,6H2,1-2H3,(H,16,17)(H,18,19). The molecule has 1 rings (SSSR count). The predicted octanol–water partition coefficient (Wildman–Crippen LogP) is 1.36. The predicted molar refractivity (Wildman–Crippen MR) is 64.7 cm³/mol. The second-order valence-electron chi connectivity index (χ2n) is 4.43. The van der Waals surface area contributed by atoms with Crippen molar-refractivity contribution < 1.29 is 23.5 Å². The van der Waals surface area contributed by atoms with E-state index in [0.29, 0.717) is 0 Å². The van der Waals surface area contributed by atoms with E-state index in [1.165, 1.54) is 19.9 Å². The number of rotatable bonds is 5. The molecule has 0 aliphatic heterocycles. The molecule has 0 aromatic heterocycles. The first-order valence-electron chi connectivity index (χ1n) is 5.46. The van der Waals surface area contributed by atoms with Gasteiger partial charge in [-0.15, -0.1) is 0 Å². The number of amides is 1. The number of aliphatic carboxylic acids is 1. The number of nitrogens with one attached hydrogen (secondary N) is 2. The number of carbonyl (C=O) groups is 2. The van der Waals surface area contributed by atoms with Crippen molar-refractivity contribution in [2.45, 2.75) is 19.4 Å². The molecule has 0 unspecified atom stereocenters. The lowest BCUT2D eigenvalue weighted by Gasteiger charge is -2.20. The highest BCUT2D eigenvalue weighted by Crippen LogP contribution is 2.17. The number of para-hydroxylation sites is 1. The van der Waals surface area contributed by atoms with Gasteiger partial charge >= 0.3 is 5.97 Å². The van der Waals surface area contributed by atoms with Gasteiger partial charge in [0.15, 0.2) is 0 Å². The second kappa shape index (κ2) is 5.75. The lowest BCUT2D eigenvalue weighted by molar-refractivity contribution is -0.143. The van der Waals surface area contributed by atoms with Crippen LogP contribution >= 0.6 is 0 Å². The number of hydrogen-bond donors (Lipinski definition) is 3. The lowest BCUT2D eigenvalue weighted by atomic mass is 10.1. The minimum Gasteiger partial charge on any atom is -0.480 e. The van der Waals surface area contributed by atoms with Crippen molar-refractivity contribution in [1.82, 2.24) is 5.32 Å². The Labute approximate surface area is 108 Å². The first-order chi connectivity index (χ1) is 8.74. The van der Waals surface area contributed by atoms with Crippen molar-refractivity contribution in [3.8, 4) is 0 Å². The average molecular weight is 272 g/mol. The third-order valence-corrected chi connectivity index (χ3v) is 2.45. The maximum atomic E-state index is 13.2. The van der Waals surface area contributed by atoms with E-state index in [9.17, 15) is 18.4 Å². The molecule has 19 heavy (non-hydrogen) atoms. The number of anilines is 1. The number of carbonyl (C=O) groups excluding carboxylic acids is 1. The van der Waals surface area contributed by atoms with Crippen LogP contribution in [0.2, 0.25) is 0 Å². The van der Waals surface area contributed by atoms with Crippen LogP contribution in [0.5, 0.6) is 0 Å². The zero-order chi connectivity index (χ0) is 14.6. The molecule has 1 aromatic rings. The summed E-state index contributed by atoms with van der Waals surface area (Å²) in [6.45, 7) is 2.35. The fourth-order valence-corrected chi connectivity index (χ4v) is 1.18. The van der Waals surface area contributed by atoms with Gasteiger partial charge in [-0.1, -0.05) is 6.07 Å². The lowest BCUT2D eigenvalue weighted by Crippen LogP contribution is -2.49. The van der Waals surface area contributed by atoms with Crippen LogP contribution in [0, 0.1) is 11.6 Å². The summed E-state index contributed by atoms with van der Waals surface area (Å²) < 4.78 is 26.5. The molecule has 1 aromatic carbocycles. The Morgan fingerprint density at radius 2 is 1.79 bits per heavy atom. The van der Waals surface area contributed by atoms with E-state index in [1.54, 1.807) is 0 Å². The molecule has 0 atom stereocenters. The van der Waals surface area contributed by atoms with Gasteiger partial charge in [-0.3, -0.25) is 14.9 Å². The molecule has 0 bridgehead atoms. The minimum absolute atomic E-state index is 0.382. The van der Waals surface area contributed by atoms with Crippen molar-refractivity contribution in [3.05, 3.63) is 29.8 Å². The molecule has 104 valence electrons. The minimum atomic E-state index is -1.31. The second-order valence-corrected chi connectivity index (χ2v) is 4.43. The molecule has 0 aliphatic carbocycles. The Balaban J connectivity index is 2.64. The average Bonchev–Trinajstić information content (AvgIpc) is 2.31. The van der Waals surface area contributed by atoms with Crippen molar-refractivity contribution in [3.63, 3.8) is 0 Å². The topological polar surface area (TPSA) is 78.4 Å². The van der Waals surface area contributed by atoms with Gasteiger partial charge < -0.3 is 10.4 Å². The fourth-order valence-electron chi connectivity index (χ4n) is 1.18. The summed E-state index contributed by atoms with van der Waals surface area (Å²) in [7, 11) is 0. The quantitative estimate of drug-likeness (QED) is 0.756. The molecule has 1 amide bonds. The van der Waals surface area contributed by atoms with Crippen molar-refractivity contribution in [2.24, 2.45) is 0 Å². The Kier molecular flexibility index (Phi) is 4.55.